The van der Waals surface area contributed by atoms with Gasteiger partial charge < -0.3 is 11.2 Å². The third kappa shape index (κ3) is 4.12. The van der Waals surface area contributed by atoms with Crippen molar-refractivity contribution in [2.75, 3.05) is 16.9 Å². The molecule has 8 nitrogen and oxygen atoms in total. The lowest BCUT2D eigenvalue weighted by Crippen LogP contribution is -2.18. The minimum Gasteiger partial charge on any atom is -0.334 e. The summed E-state index contributed by atoms with van der Waals surface area (Å²) in [5.41, 5.74) is 2.53. The Morgan fingerprint density at radius 3 is 2.80 bits per heavy atom. The van der Waals surface area contributed by atoms with Crippen LogP contribution < -0.4 is 11.2 Å². The van der Waals surface area contributed by atoms with E-state index in [9.17, 15) is 4.79 Å². The number of aromatic nitrogens is 5. The van der Waals surface area contributed by atoms with E-state index in [1.54, 1.807) is 4.68 Å². The summed E-state index contributed by atoms with van der Waals surface area (Å²) < 4.78 is 4.01. The third-order valence-corrected chi connectivity index (χ3v) is 4.90. The Labute approximate surface area is 162 Å². The molecule has 1 amide bonds. The van der Waals surface area contributed by atoms with E-state index in [0.29, 0.717) is 11.1 Å². The number of nitrogens with zero attached hydrogens (tertiary/aromatic N) is 5. The quantitative estimate of drug-likeness (QED) is 0.337. The number of carbonyl (C=O) groups excluding carboxylic acids is 1. The van der Waals surface area contributed by atoms with Gasteiger partial charge in [0.05, 0.1) is 11.4 Å². The standard InChI is InChI=1S/C15H16IN7OS/c1-9-6-10(2)23(21-9)14-19-20-15(22(14)17)25-8-13(24)18-12-5-3-4-11(16)7-12/h3-7H,8,17H2,1-2H3,(H,18,24). The number of benzene rings is 1. The normalized spacial score (nSPS) is 10.8. The Morgan fingerprint density at radius 1 is 1.32 bits per heavy atom. The summed E-state index contributed by atoms with van der Waals surface area (Å²) in [6.45, 7) is 3.81. The fourth-order valence-corrected chi connectivity index (χ4v) is 3.43. The van der Waals surface area contributed by atoms with Gasteiger partial charge in [-0.25, -0.2) is 9.36 Å². The fourth-order valence-electron chi connectivity index (χ4n) is 2.24. The van der Waals surface area contributed by atoms with Crippen molar-refractivity contribution in [3.8, 4) is 5.95 Å². The molecule has 10 heteroatoms. The second kappa shape index (κ2) is 7.44. The van der Waals surface area contributed by atoms with Gasteiger partial charge in [-0.05, 0) is 60.7 Å². The lowest BCUT2D eigenvalue weighted by atomic mass is 10.3. The number of amides is 1. The Kier molecular flexibility index (Phi) is 5.27. The number of nitrogen functional groups attached to an aromatic ring is 1. The maximum atomic E-state index is 12.1. The van der Waals surface area contributed by atoms with Gasteiger partial charge in [0.25, 0.3) is 5.95 Å². The molecule has 130 valence electrons. The van der Waals surface area contributed by atoms with Crippen LogP contribution in [0, 0.1) is 17.4 Å². The van der Waals surface area contributed by atoms with Crippen molar-refractivity contribution in [3.05, 3.63) is 45.3 Å². The van der Waals surface area contributed by atoms with Crippen molar-refractivity contribution in [1.29, 1.82) is 0 Å². The second-order valence-corrected chi connectivity index (χ2v) is 7.53. The van der Waals surface area contributed by atoms with Crippen molar-refractivity contribution >= 4 is 45.9 Å². The molecule has 0 bridgehead atoms. The molecule has 3 rings (SSSR count). The topological polar surface area (TPSA) is 104 Å². The highest BCUT2D eigenvalue weighted by Gasteiger charge is 2.16. The van der Waals surface area contributed by atoms with E-state index in [1.165, 1.54) is 16.4 Å². The molecule has 1 aromatic carbocycles. The molecule has 0 aliphatic heterocycles. The van der Waals surface area contributed by atoms with Crippen LogP contribution in [0.5, 0.6) is 0 Å². The summed E-state index contributed by atoms with van der Waals surface area (Å²) >= 11 is 3.41. The molecule has 2 heterocycles. The Hall–Kier alpha value is -2.08. The maximum Gasteiger partial charge on any atom is 0.271 e. The first-order chi connectivity index (χ1) is 11.9. The number of hydrogen-bond donors (Lipinski definition) is 2. The van der Waals surface area contributed by atoms with Gasteiger partial charge in [-0.15, -0.1) is 10.2 Å². The predicted octanol–water partition coefficient (Wildman–Crippen LogP) is 2.13. The van der Waals surface area contributed by atoms with Crippen LogP contribution in [0.1, 0.15) is 11.4 Å². The molecule has 0 spiro atoms. The summed E-state index contributed by atoms with van der Waals surface area (Å²) in [6.07, 6.45) is 0. The van der Waals surface area contributed by atoms with Gasteiger partial charge in [0.15, 0.2) is 0 Å². The Balaban J connectivity index is 1.66. The van der Waals surface area contributed by atoms with Gasteiger partial charge >= 0.3 is 0 Å². The summed E-state index contributed by atoms with van der Waals surface area (Å²) in [6, 6.07) is 9.52. The molecule has 0 aliphatic rings. The van der Waals surface area contributed by atoms with E-state index in [2.05, 4.69) is 43.2 Å². The van der Waals surface area contributed by atoms with Crippen molar-refractivity contribution in [1.82, 2.24) is 24.7 Å². The highest BCUT2D eigenvalue weighted by molar-refractivity contribution is 14.1. The van der Waals surface area contributed by atoms with Crippen LogP contribution in [-0.2, 0) is 4.79 Å². The molecular weight excluding hydrogens is 453 g/mol. The number of halogens is 1. The maximum absolute atomic E-state index is 12.1. The van der Waals surface area contributed by atoms with Crippen LogP contribution in [0.15, 0.2) is 35.5 Å². The van der Waals surface area contributed by atoms with Crippen LogP contribution in [0.25, 0.3) is 5.95 Å². The molecule has 0 saturated carbocycles. The van der Waals surface area contributed by atoms with Gasteiger partial charge in [-0.2, -0.15) is 5.10 Å². The van der Waals surface area contributed by atoms with E-state index >= 15 is 0 Å². The summed E-state index contributed by atoms with van der Waals surface area (Å²) in [4.78, 5) is 12.1. The van der Waals surface area contributed by atoms with Crippen molar-refractivity contribution < 1.29 is 4.79 Å². The molecule has 2 aromatic heterocycles. The van der Waals surface area contributed by atoms with Crippen molar-refractivity contribution in [3.63, 3.8) is 0 Å². The van der Waals surface area contributed by atoms with Crippen molar-refractivity contribution in [2.45, 2.75) is 19.0 Å². The van der Waals surface area contributed by atoms with E-state index in [1.807, 2.05) is 44.2 Å². The van der Waals surface area contributed by atoms with E-state index < -0.39 is 0 Å². The number of nitrogens with one attached hydrogen (secondary N) is 1. The van der Waals surface area contributed by atoms with Gasteiger partial charge in [0, 0.05) is 15.0 Å². The zero-order valence-electron chi connectivity index (χ0n) is 13.6. The highest BCUT2D eigenvalue weighted by atomic mass is 127. The van der Waals surface area contributed by atoms with Gasteiger partial charge in [0.2, 0.25) is 11.1 Å². The fraction of sp³-hybridized carbons (Fsp3) is 0.200. The molecule has 0 fully saturated rings. The first-order valence-corrected chi connectivity index (χ1v) is 9.43. The predicted molar refractivity (Wildman–Crippen MR) is 105 cm³/mol. The molecular formula is C15H16IN7OS. The monoisotopic (exact) mass is 469 g/mol. The zero-order valence-corrected chi connectivity index (χ0v) is 16.6. The number of hydrogen-bond acceptors (Lipinski definition) is 6. The van der Waals surface area contributed by atoms with Crippen LogP contribution in [0.4, 0.5) is 5.69 Å². The minimum absolute atomic E-state index is 0.136. The van der Waals surface area contributed by atoms with Gasteiger partial charge in [-0.1, -0.05) is 17.8 Å². The lowest BCUT2D eigenvalue weighted by Gasteiger charge is -2.06. The highest BCUT2D eigenvalue weighted by Crippen LogP contribution is 2.18. The van der Waals surface area contributed by atoms with E-state index in [0.717, 1.165) is 20.6 Å². The largest absolute Gasteiger partial charge is 0.334 e. The third-order valence-electron chi connectivity index (χ3n) is 3.29. The molecule has 0 saturated heterocycles. The van der Waals surface area contributed by atoms with Gasteiger partial charge in [0.1, 0.15) is 0 Å². The van der Waals surface area contributed by atoms with E-state index in [-0.39, 0.29) is 11.7 Å². The van der Waals surface area contributed by atoms with E-state index in [4.69, 9.17) is 5.84 Å². The first kappa shape index (κ1) is 17.7. The Bertz CT molecular complexity index is 920. The number of nitrogens with two attached hydrogens (primary N) is 1. The number of anilines is 1. The number of carbonyl (C=O) groups is 1. The average molecular weight is 469 g/mol. The minimum atomic E-state index is -0.136. The smallest absolute Gasteiger partial charge is 0.271 e. The molecule has 0 radical (unpaired) electrons. The average Bonchev–Trinajstić information content (AvgIpc) is 3.07. The van der Waals surface area contributed by atoms with Crippen molar-refractivity contribution in [2.24, 2.45) is 0 Å². The van der Waals surface area contributed by atoms with Crippen LogP contribution in [-0.4, -0.2) is 36.3 Å². The molecule has 25 heavy (non-hydrogen) atoms. The van der Waals surface area contributed by atoms with Gasteiger partial charge in [-0.3, -0.25) is 4.79 Å². The number of aryl methyl sites for hydroxylation is 2. The van der Waals surface area contributed by atoms with Crippen LogP contribution in [0.3, 0.4) is 0 Å². The van der Waals surface area contributed by atoms with Crippen LogP contribution >= 0.6 is 34.4 Å². The first-order valence-electron chi connectivity index (χ1n) is 7.36. The summed E-state index contributed by atoms with van der Waals surface area (Å²) in [7, 11) is 0. The second-order valence-electron chi connectivity index (χ2n) is 5.34. The molecule has 0 aliphatic carbocycles. The molecule has 0 unspecified atom stereocenters. The number of thioether (sulfide) groups is 1. The summed E-state index contributed by atoms with van der Waals surface area (Å²) in [5.74, 6) is 6.50. The molecule has 3 N–H and O–H groups in total. The summed E-state index contributed by atoms with van der Waals surface area (Å²) in [5, 5.41) is 15.7. The van der Waals surface area contributed by atoms with Crippen LogP contribution in [0.2, 0.25) is 0 Å². The number of rotatable bonds is 5. The molecule has 0 atom stereocenters. The SMILES string of the molecule is Cc1cc(C)n(-c2nnc(SCC(=O)Nc3cccc(I)c3)n2N)n1. The Morgan fingerprint density at radius 2 is 2.12 bits per heavy atom. The molecule has 3 aromatic rings. The zero-order chi connectivity index (χ0) is 18.0. The lowest BCUT2D eigenvalue weighted by molar-refractivity contribution is -0.113.